The molecule has 1 aliphatic rings. The molecule has 9 rings (SSSR count). The number of benzene rings is 6. The maximum Gasteiger partial charge on any atom is 0.228 e. The normalized spacial score (nSPS) is 15.0. The molecule has 1 unspecified atom stereocenters. The van der Waals surface area contributed by atoms with Crippen LogP contribution in [0.1, 0.15) is 17.2 Å². The Labute approximate surface area is 248 Å². The Bertz CT molecular complexity index is 2380. The van der Waals surface area contributed by atoms with Crippen LogP contribution in [0.5, 0.6) is 0 Å². The van der Waals surface area contributed by atoms with Crippen molar-refractivity contribution in [2.45, 2.75) is 6.04 Å². The summed E-state index contributed by atoms with van der Waals surface area (Å²) in [6, 6.07) is 49.4. The highest BCUT2D eigenvalue weighted by Gasteiger charge is 2.35. The van der Waals surface area contributed by atoms with E-state index in [1.54, 1.807) is 0 Å². The number of aliphatic imine (C=N–C) groups is 1. The van der Waals surface area contributed by atoms with Crippen LogP contribution in [0, 0.1) is 0 Å². The minimum Gasteiger partial charge on any atom is -0.438 e. The molecule has 3 heterocycles. The predicted molar refractivity (Wildman–Crippen MR) is 177 cm³/mol. The van der Waals surface area contributed by atoms with Crippen LogP contribution in [-0.2, 0) is 0 Å². The molecule has 204 valence electrons. The molecule has 0 amide bonds. The molecule has 0 aliphatic carbocycles. The summed E-state index contributed by atoms with van der Waals surface area (Å²) in [6.45, 7) is 0. The lowest BCUT2D eigenvalue weighted by atomic mass is 9.92. The van der Waals surface area contributed by atoms with Crippen molar-refractivity contribution in [2.75, 3.05) is 7.05 Å². The highest BCUT2D eigenvalue weighted by Crippen LogP contribution is 2.46. The Balaban J connectivity index is 1.33. The zero-order valence-corrected chi connectivity index (χ0v) is 23.6. The van der Waals surface area contributed by atoms with E-state index in [-0.39, 0.29) is 6.04 Å². The van der Waals surface area contributed by atoms with Gasteiger partial charge in [0, 0.05) is 23.2 Å². The topological polar surface area (TPSA) is 33.7 Å². The van der Waals surface area contributed by atoms with Crippen molar-refractivity contribution in [1.82, 2.24) is 9.47 Å². The van der Waals surface area contributed by atoms with Gasteiger partial charge in [-0.2, -0.15) is 4.99 Å². The van der Waals surface area contributed by atoms with E-state index < -0.39 is 0 Å². The number of aromatic nitrogens is 1. The number of fused-ring (bicyclic) bond motifs is 7. The summed E-state index contributed by atoms with van der Waals surface area (Å²) in [5.41, 5.74) is 7.77. The molecular formula is C39H27N3O. The number of furan rings is 1. The molecule has 4 heteroatoms. The Hall–Kier alpha value is -5.61. The maximum atomic E-state index is 6.50. The second-order valence-corrected chi connectivity index (χ2v) is 11.3. The largest absolute Gasteiger partial charge is 0.438 e. The van der Waals surface area contributed by atoms with Crippen LogP contribution in [0.25, 0.3) is 54.7 Å². The van der Waals surface area contributed by atoms with Gasteiger partial charge in [0.05, 0.1) is 22.6 Å². The first-order chi connectivity index (χ1) is 21.2. The van der Waals surface area contributed by atoms with Crippen LogP contribution in [0.15, 0.2) is 149 Å². The minimum absolute atomic E-state index is 0.105. The quantitative estimate of drug-likeness (QED) is 0.213. The Morgan fingerprint density at radius 2 is 1.28 bits per heavy atom. The van der Waals surface area contributed by atoms with Crippen LogP contribution in [0.3, 0.4) is 0 Å². The lowest BCUT2D eigenvalue weighted by Crippen LogP contribution is -2.38. The van der Waals surface area contributed by atoms with Crippen molar-refractivity contribution >= 4 is 55.4 Å². The van der Waals surface area contributed by atoms with Gasteiger partial charge in [-0.15, -0.1) is 0 Å². The standard InChI is InChI=1S/C39H27N3O/c1-41-37(29-17-11-16-26(22-29)25-12-3-2-4-13-25)36-31-19-8-10-21-35(31)43-38(36)40-39(41)42-33-20-9-7-18-30(33)32-23-27-14-5-6-15-28(27)24-34(32)42/h2-24,37H,1H3. The first kappa shape index (κ1) is 24.0. The van der Waals surface area contributed by atoms with Gasteiger partial charge >= 0.3 is 0 Å². The molecule has 4 nitrogen and oxygen atoms in total. The molecule has 0 saturated carbocycles. The number of para-hydroxylation sites is 2. The van der Waals surface area contributed by atoms with Gasteiger partial charge < -0.3 is 9.32 Å². The Morgan fingerprint density at radius 3 is 2.14 bits per heavy atom. The van der Waals surface area contributed by atoms with Crippen LogP contribution in [0.4, 0.5) is 5.88 Å². The van der Waals surface area contributed by atoms with Crippen molar-refractivity contribution in [1.29, 1.82) is 0 Å². The molecule has 0 spiro atoms. The fourth-order valence-corrected chi connectivity index (χ4v) is 6.87. The van der Waals surface area contributed by atoms with Crippen molar-refractivity contribution < 1.29 is 4.42 Å². The van der Waals surface area contributed by atoms with Gasteiger partial charge in [-0.1, -0.05) is 109 Å². The zero-order chi connectivity index (χ0) is 28.5. The summed E-state index contributed by atoms with van der Waals surface area (Å²) in [5, 5.41) is 5.94. The highest BCUT2D eigenvalue weighted by molar-refractivity contribution is 6.17. The second kappa shape index (κ2) is 9.20. The van der Waals surface area contributed by atoms with Crippen molar-refractivity contribution in [3.05, 3.63) is 151 Å². The monoisotopic (exact) mass is 553 g/mol. The fourth-order valence-electron chi connectivity index (χ4n) is 6.87. The van der Waals surface area contributed by atoms with E-state index in [9.17, 15) is 0 Å². The Morgan fingerprint density at radius 1 is 0.581 bits per heavy atom. The van der Waals surface area contributed by atoms with Crippen molar-refractivity contribution in [2.24, 2.45) is 4.99 Å². The molecule has 0 radical (unpaired) electrons. The van der Waals surface area contributed by atoms with Crippen LogP contribution in [0.2, 0.25) is 0 Å². The van der Waals surface area contributed by atoms with Gasteiger partial charge in [0.25, 0.3) is 0 Å². The third-order valence-electron chi connectivity index (χ3n) is 8.84. The van der Waals surface area contributed by atoms with Crippen LogP contribution in [-0.4, -0.2) is 22.5 Å². The molecule has 0 fully saturated rings. The summed E-state index contributed by atoms with van der Waals surface area (Å²) in [4.78, 5) is 7.60. The van der Waals surface area contributed by atoms with E-state index in [0.717, 1.165) is 33.5 Å². The average Bonchev–Trinajstić information content (AvgIpc) is 3.59. The number of hydrogen-bond acceptors (Lipinski definition) is 3. The van der Waals surface area contributed by atoms with E-state index in [1.807, 2.05) is 12.1 Å². The van der Waals surface area contributed by atoms with E-state index in [2.05, 4.69) is 144 Å². The molecule has 8 aromatic rings. The average molecular weight is 554 g/mol. The highest BCUT2D eigenvalue weighted by atomic mass is 16.3. The number of rotatable bonds is 2. The third kappa shape index (κ3) is 3.60. The van der Waals surface area contributed by atoms with Gasteiger partial charge in [-0.05, 0) is 57.8 Å². The first-order valence-corrected chi connectivity index (χ1v) is 14.7. The molecule has 1 atom stereocenters. The van der Waals surface area contributed by atoms with Gasteiger partial charge in [-0.25, -0.2) is 0 Å². The fraction of sp³-hybridized carbons (Fsp3) is 0.0513. The van der Waals surface area contributed by atoms with Crippen molar-refractivity contribution in [3.63, 3.8) is 0 Å². The third-order valence-corrected chi connectivity index (χ3v) is 8.84. The zero-order valence-electron chi connectivity index (χ0n) is 23.6. The van der Waals surface area contributed by atoms with E-state index in [4.69, 9.17) is 9.41 Å². The lowest BCUT2D eigenvalue weighted by molar-refractivity contribution is 0.404. The molecular weight excluding hydrogens is 526 g/mol. The molecule has 0 N–H and O–H groups in total. The van der Waals surface area contributed by atoms with Gasteiger partial charge in [-0.3, -0.25) is 4.57 Å². The van der Waals surface area contributed by atoms with Gasteiger partial charge in [0.15, 0.2) is 0 Å². The smallest absolute Gasteiger partial charge is 0.228 e. The summed E-state index contributed by atoms with van der Waals surface area (Å²) < 4.78 is 8.81. The lowest BCUT2D eigenvalue weighted by Gasteiger charge is -2.35. The number of hydrogen-bond donors (Lipinski definition) is 0. The predicted octanol–water partition coefficient (Wildman–Crippen LogP) is 9.93. The first-order valence-electron chi connectivity index (χ1n) is 14.7. The SMILES string of the molecule is CN1C(n2c3ccccc3c3cc4ccccc4cc32)=Nc2oc3ccccc3c2C1c1cccc(-c2ccccc2)c1. The molecule has 6 aromatic carbocycles. The number of nitrogens with zero attached hydrogens (tertiary/aromatic N) is 3. The maximum absolute atomic E-state index is 6.50. The van der Waals surface area contributed by atoms with E-state index in [1.165, 1.54) is 38.2 Å². The molecule has 2 aromatic heterocycles. The minimum atomic E-state index is -0.105. The van der Waals surface area contributed by atoms with Gasteiger partial charge in [0.2, 0.25) is 11.8 Å². The van der Waals surface area contributed by atoms with E-state index >= 15 is 0 Å². The van der Waals surface area contributed by atoms with Crippen molar-refractivity contribution in [3.8, 4) is 11.1 Å². The van der Waals surface area contributed by atoms with Crippen LogP contribution >= 0.6 is 0 Å². The molecule has 1 aliphatic heterocycles. The summed E-state index contributed by atoms with van der Waals surface area (Å²) in [5.74, 6) is 1.50. The summed E-state index contributed by atoms with van der Waals surface area (Å²) in [6.07, 6.45) is 0. The summed E-state index contributed by atoms with van der Waals surface area (Å²) >= 11 is 0. The van der Waals surface area contributed by atoms with Crippen LogP contribution < -0.4 is 0 Å². The molecule has 43 heavy (non-hydrogen) atoms. The summed E-state index contributed by atoms with van der Waals surface area (Å²) in [7, 11) is 2.16. The van der Waals surface area contributed by atoms with Gasteiger partial charge in [0.1, 0.15) is 5.58 Å². The van der Waals surface area contributed by atoms with E-state index in [0.29, 0.717) is 5.88 Å². The molecule has 0 saturated heterocycles. The Kier molecular flexibility index (Phi) is 5.14. The second-order valence-electron chi connectivity index (χ2n) is 11.3. The molecule has 0 bridgehead atoms.